The van der Waals surface area contributed by atoms with E-state index in [2.05, 4.69) is 26.0 Å². The monoisotopic (exact) mass is 336 g/mol. The molecule has 0 aromatic heterocycles. The van der Waals surface area contributed by atoms with E-state index in [-0.39, 0.29) is 0 Å². The maximum atomic E-state index is 5.87. The average molecular weight is 336 g/mol. The second-order valence-corrected chi connectivity index (χ2v) is 6.30. The Labute approximate surface area is 146 Å². The molecule has 0 saturated heterocycles. The quantitative estimate of drug-likeness (QED) is 0.482. The fourth-order valence-electron chi connectivity index (χ4n) is 2.78. The zero-order valence-electron chi connectivity index (χ0n) is 15.3. The van der Waals surface area contributed by atoms with E-state index in [0.717, 1.165) is 63.4 Å². The summed E-state index contributed by atoms with van der Waals surface area (Å²) in [5.74, 6) is 1.71. The van der Waals surface area contributed by atoms with Crippen molar-refractivity contribution in [3.8, 4) is 11.5 Å². The Morgan fingerprint density at radius 3 is 2.17 bits per heavy atom. The van der Waals surface area contributed by atoms with E-state index in [1.807, 2.05) is 0 Å². The summed E-state index contributed by atoms with van der Waals surface area (Å²) in [5, 5.41) is 0. The molecule has 1 aliphatic rings. The van der Waals surface area contributed by atoms with Crippen LogP contribution in [0.15, 0.2) is 12.1 Å². The Morgan fingerprint density at radius 1 is 0.792 bits per heavy atom. The molecule has 0 saturated carbocycles. The molecule has 0 unspecified atom stereocenters. The van der Waals surface area contributed by atoms with E-state index in [4.69, 9.17) is 18.9 Å². The van der Waals surface area contributed by atoms with E-state index in [9.17, 15) is 0 Å². The molecular formula is C20H32O4. The van der Waals surface area contributed by atoms with Crippen LogP contribution in [-0.2, 0) is 22.5 Å². The smallest absolute Gasteiger partial charge is 0.231 e. The number of aryl methyl sites for hydroxylation is 1. The van der Waals surface area contributed by atoms with Crippen LogP contribution >= 0.6 is 0 Å². The number of hydrogen-bond donors (Lipinski definition) is 0. The third kappa shape index (κ3) is 6.33. The maximum absolute atomic E-state index is 5.87. The van der Waals surface area contributed by atoms with Gasteiger partial charge in [0, 0.05) is 19.8 Å². The number of ether oxygens (including phenoxy) is 4. The van der Waals surface area contributed by atoms with Crippen LogP contribution in [0.5, 0.6) is 11.5 Å². The summed E-state index contributed by atoms with van der Waals surface area (Å²) in [5.41, 5.74) is 2.54. The van der Waals surface area contributed by atoms with Crippen molar-refractivity contribution in [2.45, 2.75) is 65.4 Å². The minimum Gasteiger partial charge on any atom is -0.454 e. The zero-order chi connectivity index (χ0) is 17.0. The Morgan fingerprint density at radius 2 is 1.46 bits per heavy atom. The van der Waals surface area contributed by atoms with Crippen LogP contribution in [0.25, 0.3) is 0 Å². The Hall–Kier alpha value is -1.26. The zero-order valence-corrected chi connectivity index (χ0v) is 15.3. The SMILES string of the molecule is CCCCOCCCCCOCc1cc2c(cc1CCC)OCO2. The van der Waals surface area contributed by atoms with Gasteiger partial charge in [0.2, 0.25) is 6.79 Å². The number of benzene rings is 1. The molecule has 0 bridgehead atoms. The summed E-state index contributed by atoms with van der Waals surface area (Å²) in [6, 6.07) is 4.19. The van der Waals surface area contributed by atoms with Gasteiger partial charge in [-0.05, 0) is 55.4 Å². The highest BCUT2D eigenvalue weighted by Crippen LogP contribution is 2.35. The first-order chi connectivity index (χ1) is 11.8. The van der Waals surface area contributed by atoms with Crippen molar-refractivity contribution in [1.82, 2.24) is 0 Å². The van der Waals surface area contributed by atoms with Gasteiger partial charge in [-0.2, -0.15) is 0 Å². The van der Waals surface area contributed by atoms with Gasteiger partial charge in [0.15, 0.2) is 11.5 Å². The molecule has 0 aliphatic carbocycles. The van der Waals surface area contributed by atoms with Gasteiger partial charge in [-0.3, -0.25) is 0 Å². The third-order valence-corrected chi connectivity index (χ3v) is 4.19. The van der Waals surface area contributed by atoms with Gasteiger partial charge >= 0.3 is 0 Å². The number of hydrogen-bond acceptors (Lipinski definition) is 4. The van der Waals surface area contributed by atoms with Gasteiger partial charge < -0.3 is 18.9 Å². The Bertz CT molecular complexity index is 473. The van der Waals surface area contributed by atoms with Crippen molar-refractivity contribution in [3.63, 3.8) is 0 Å². The Balaban J connectivity index is 1.63. The van der Waals surface area contributed by atoms with E-state index in [1.165, 1.54) is 24.0 Å². The summed E-state index contributed by atoms with van der Waals surface area (Å²) in [6.45, 7) is 7.93. The summed E-state index contributed by atoms with van der Waals surface area (Å²) in [4.78, 5) is 0. The molecule has 0 radical (unpaired) electrons. The highest BCUT2D eigenvalue weighted by atomic mass is 16.7. The predicted octanol–water partition coefficient (Wildman–Crippen LogP) is 4.87. The van der Waals surface area contributed by atoms with E-state index in [0.29, 0.717) is 13.4 Å². The first kappa shape index (κ1) is 19.1. The highest BCUT2D eigenvalue weighted by molar-refractivity contribution is 5.48. The second-order valence-electron chi connectivity index (χ2n) is 6.30. The van der Waals surface area contributed by atoms with E-state index < -0.39 is 0 Å². The first-order valence-electron chi connectivity index (χ1n) is 9.42. The predicted molar refractivity (Wildman–Crippen MR) is 95.8 cm³/mol. The minimum absolute atomic E-state index is 0.325. The summed E-state index contributed by atoms with van der Waals surface area (Å²) >= 11 is 0. The van der Waals surface area contributed by atoms with Crippen LogP contribution in [0.1, 0.15) is 63.5 Å². The molecule has 0 amide bonds. The topological polar surface area (TPSA) is 36.9 Å². The first-order valence-corrected chi connectivity index (χ1v) is 9.42. The minimum atomic E-state index is 0.325. The summed E-state index contributed by atoms with van der Waals surface area (Å²) < 4.78 is 22.4. The van der Waals surface area contributed by atoms with Gasteiger partial charge in [-0.1, -0.05) is 26.7 Å². The molecule has 0 atom stereocenters. The molecule has 4 heteroatoms. The Kier molecular flexibility index (Phi) is 9.00. The molecule has 1 aromatic rings. The normalized spacial score (nSPS) is 12.8. The third-order valence-electron chi connectivity index (χ3n) is 4.19. The van der Waals surface area contributed by atoms with Crippen molar-refractivity contribution in [1.29, 1.82) is 0 Å². The summed E-state index contributed by atoms with van der Waals surface area (Å²) in [7, 11) is 0. The van der Waals surface area contributed by atoms with E-state index in [1.54, 1.807) is 0 Å². The van der Waals surface area contributed by atoms with Crippen LogP contribution in [0.2, 0.25) is 0 Å². The molecular weight excluding hydrogens is 304 g/mol. The lowest BCUT2D eigenvalue weighted by Crippen LogP contribution is -2.01. The van der Waals surface area contributed by atoms with Crippen LogP contribution < -0.4 is 9.47 Å². The molecule has 0 spiro atoms. The highest BCUT2D eigenvalue weighted by Gasteiger charge is 2.16. The second kappa shape index (κ2) is 11.3. The number of rotatable bonds is 13. The lowest BCUT2D eigenvalue weighted by atomic mass is 10.0. The standard InChI is InChI=1S/C20H32O4/c1-3-5-10-21-11-7-6-8-12-22-15-18-14-20-19(23-16-24-20)13-17(18)9-4-2/h13-14H,3-12,15-16H2,1-2H3. The summed E-state index contributed by atoms with van der Waals surface area (Å²) in [6.07, 6.45) is 7.90. The molecule has 24 heavy (non-hydrogen) atoms. The largest absolute Gasteiger partial charge is 0.454 e. The van der Waals surface area contributed by atoms with Crippen molar-refractivity contribution < 1.29 is 18.9 Å². The van der Waals surface area contributed by atoms with Crippen LogP contribution in [0.3, 0.4) is 0 Å². The molecule has 136 valence electrons. The van der Waals surface area contributed by atoms with Crippen molar-refractivity contribution in [2.75, 3.05) is 26.6 Å². The van der Waals surface area contributed by atoms with Gasteiger partial charge in [-0.15, -0.1) is 0 Å². The fraction of sp³-hybridized carbons (Fsp3) is 0.700. The van der Waals surface area contributed by atoms with Gasteiger partial charge in [0.05, 0.1) is 6.61 Å². The molecule has 0 N–H and O–H groups in total. The van der Waals surface area contributed by atoms with Crippen molar-refractivity contribution in [3.05, 3.63) is 23.3 Å². The molecule has 0 fully saturated rings. The molecule has 1 heterocycles. The van der Waals surface area contributed by atoms with Crippen molar-refractivity contribution in [2.24, 2.45) is 0 Å². The lowest BCUT2D eigenvalue weighted by Gasteiger charge is -2.11. The van der Waals surface area contributed by atoms with E-state index >= 15 is 0 Å². The maximum Gasteiger partial charge on any atom is 0.231 e. The van der Waals surface area contributed by atoms with Crippen LogP contribution in [-0.4, -0.2) is 26.6 Å². The fourth-order valence-corrected chi connectivity index (χ4v) is 2.78. The molecule has 1 aliphatic heterocycles. The average Bonchev–Trinajstić information content (AvgIpc) is 3.04. The van der Waals surface area contributed by atoms with Gasteiger partial charge in [0.25, 0.3) is 0 Å². The number of unbranched alkanes of at least 4 members (excludes halogenated alkanes) is 3. The molecule has 4 nitrogen and oxygen atoms in total. The van der Waals surface area contributed by atoms with Crippen molar-refractivity contribution >= 4 is 0 Å². The molecule has 2 rings (SSSR count). The number of fused-ring (bicyclic) bond motifs is 1. The lowest BCUT2D eigenvalue weighted by molar-refractivity contribution is 0.105. The van der Waals surface area contributed by atoms with Crippen LogP contribution in [0.4, 0.5) is 0 Å². The van der Waals surface area contributed by atoms with Gasteiger partial charge in [-0.25, -0.2) is 0 Å². The molecule has 1 aromatic carbocycles. The van der Waals surface area contributed by atoms with Crippen LogP contribution in [0, 0.1) is 0 Å². The van der Waals surface area contributed by atoms with Gasteiger partial charge in [0.1, 0.15) is 0 Å².